The molecule has 0 fully saturated rings. The molecule has 9 heteroatoms. The van der Waals surface area contributed by atoms with Crippen molar-refractivity contribution in [3.63, 3.8) is 0 Å². The van der Waals surface area contributed by atoms with Crippen molar-refractivity contribution < 1.29 is 32.9 Å². The number of phosphoric acid groups is 1. The molecular weight excluding hydrogens is 611 g/mol. The molecule has 2 N–H and O–H groups in total. The summed E-state index contributed by atoms with van der Waals surface area (Å²) in [6, 6.07) is -0.790. The van der Waals surface area contributed by atoms with E-state index in [0.717, 1.165) is 38.5 Å². The van der Waals surface area contributed by atoms with E-state index in [1.165, 1.54) is 122 Å². The Morgan fingerprint density at radius 2 is 1.04 bits per heavy atom. The first-order chi connectivity index (χ1) is 22.5. The van der Waals surface area contributed by atoms with Crippen LogP contribution in [0.4, 0.5) is 0 Å². The zero-order chi connectivity index (χ0) is 35.1. The molecule has 282 valence electrons. The van der Waals surface area contributed by atoms with E-state index in [-0.39, 0.29) is 19.1 Å². The van der Waals surface area contributed by atoms with Gasteiger partial charge in [0.25, 0.3) is 7.82 Å². The second-order valence-corrected chi connectivity index (χ2v) is 16.4. The highest BCUT2D eigenvalue weighted by Crippen LogP contribution is 2.38. The summed E-state index contributed by atoms with van der Waals surface area (Å²) in [7, 11) is 1.31. The van der Waals surface area contributed by atoms with Gasteiger partial charge in [0.1, 0.15) is 13.2 Å². The normalized spacial score (nSPS) is 14.6. The van der Waals surface area contributed by atoms with Crippen molar-refractivity contribution in [2.45, 2.75) is 199 Å². The molecule has 0 aromatic rings. The average molecular weight is 691 g/mol. The van der Waals surface area contributed by atoms with Crippen LogP contribution >= 0.6 is 7.82 Å². The van der Waals surface area contributed by atoms with Gasteiger partial charge in [-0.05, 0) is 12.8 Å². The third-order valence-electron chi connectivity index (χ3n) is 9.10. The summed E-state index contributed by atoms with van der Waals surface area (Å²) >= 11 is 0. The van der Waals surface area contributed by atoms with Crippen molar-refractivity contribution in [1.29, 1.82) is 0 Å². The lowest BCUT2D eigenvalue weighted by atomic mass is 10.0. The van der Waals surface area contributed by atoms with E-state index in [2.05, 4.69) is 19.2 Å². The Labute approximate surface area is 291 Å². The standard InChI is InChI=1S/C38H79N2O6P/c1-6-8-10-12-14-16-17-18-19-20-21-22-24-26-28-30-32-38(42)39-36(35-46-47(43,44)45-34-33-40(3,4)5)37(41)31-29-27-25-23-15-13-11-9-7-2/h36-37,41H,6-35H2,1-5H3,(H-,39,42,43,44). The number of phosphoric ester groups is 1. The molecule has 0 aromatic carbocycles. The SMILES string of the molecule is CCCCCCCCCCCCCCCCCCC(=O)NC(COP(=O)([O-])OCC[N+](C)(C)C)C(O)CCCCCCCCCCC. The lowest BCUT2D eigenvalue weighted by molar-refractivity contribution is -0.870. The lowest BCUT2D eigenvalue weighted by Gasteiger charge is -2.30. The van der Waals surface area contributed by atoms with Crippen molar-refractivity contribution in [2.24, 2.45) is 0 Å². The number of hydrogen-bond acceptors (Lipinski definition) is 6. The zero-order valence-electron chi connectivity index (χ0n) is 31.8. The van der Waals surface area contributed by atoms with Crippen LogP contribution in [0.2, 0.25) is 0 Å². The molecule has 47 heavy (non-hydrogen) atoms. The number of hydrogen-bond donors (Lipinski definition) is 2. The molecule has 0 spiro atoms. The molecule has 0 saturated heterocycles. The van der Waals surface area contributed by atoms with Crippen LogP contribution in [-0.4, -0.2) is 68.5 Å². The third kappa shape index (κ3) is 33.8. The maximum absolute atomic E-state index is 12.8. The first-order valence-corrected chi connectivity index (χ1v) is 21.3. The van der Waals surface area contributed by atoms with Crippen LogP contribution in [0, 0.1) is 0 Å². The molecule has 1 amide bonds. The average Bonchev–Trinajstić information content (AvgIpc) is 3.01. The van der Waals surface area contributed by atoms with Gasteiger partial charge in [-0.25, -0.2) is 0 Å². The summed E-state index contributed by atoms with van der Waals surface area (Å²) in [5.41, 5.74) is 0. The molecule has 0 saturated carbocycles. The zero-order valence-corrected chi connectivity index (χ0v) is 32.6. The molecule has 0 aliphatic carbocycles. The first-order valence-electron chi connectivity index (χ1n) is 19.9. The van der Waals surface area contributed by atoms with Gasteiger partial charge < -0.3 is 28.8 Å². The second-order valence-electron chi connectivity index (χ2n) is 15.0. The Balaban J connectivity index is 4.34. The molecular formula is C38H79N2O6P. The van der Waals surface area contributed by atoms with Crippen LogP contribution in [0.5, 0.6) is 0 Å². The van der Waals surface area contributed by atoms with Crippen LogP contribution < -0.4 is 10.2 Å². The summed E-state index contributed by atoms with van der Waals surface area (Å²) in [5, 5.41) is 13.8. The van der Waals surface area contributed by atoms with Gasteiger partial charge in [0, 0.05) is 6.42 Å². The Hall–Kier alpha value is -0.500. The van der Waals surface area contributed by atoms with Gasteiger partial charge in [-0.15, -0.1) is 0 Å². The lowest BCUT2D eigenvalue weighted by Crippen LogP contribution is -2.46. The minimum absolute atomic E-state index is 0.0154. The van der Waals surface area contributed by atoms with Gasteiger partial charge in [0.2, 0.25) is 5.91 Å². The maximum atomic E-state index is 12.8. The first kappa shape index (κ1) is 46.5. The van der Waals surface area contributed by atoms with Gasteiger partial charge in [-0.2, -0.15) is 0 Å². The quantitative estimate of drug-likeness (QED) is 0.0385. The fourth-order valence-electron chi connectivity index (χ4n) is 5.86. The summed E-state index contributed by atoms with van der Waals surface area (Å²) in [4.78, 5) is 25.2. The largest absolute Gasteiger partial charge is 0.756 e. The molecule has 3 unspecified atom stereocenters. The number of nitrogens with one attached hydrogen (secondary N) is 1. The van der Waals surface area contributed by atoms with Gasteiger partial charge in [-0.1, -0.05) is 168 Å². The predicted octanol–water partition coefficient (Wildman–Crippen LogP) is 9.61. The topological polar surface area (TPSA) is 108 Å². The molecule has 0 aliphatic heterocycles. The molecule has 3 atom stereocenters. The van der Waals surface area contributed by atoms with Gasteiger partial charge in [-0.3, -0.25) is 9.36 Å². The predicted molar refractivity (Wildman–Crippen MR) is 196 cm³/mol. The van der Waals surface area contributed by atoms with Crippen LogP contribution in [0.25, 0.3) is 0 Å². The molecule has 0 aliphatic rings. The number of carbonyl (C=O) groups is 1. The molecule has 0 heterocycles. The molecule has 8 nitrogen and oxygen atoms in total. The third-order valence-corrected chi connectivity index (χ3v) is 10.1. The monoisotopic (exact) mass is 691 g/mol. The number of aliphatic hydroxyl groups is 1. The fraction of sp³-hybridized carbons (Fsp3) is 0.974. The van der Waals surface area contributed by atoms with Crippen molar-refractivity contribution in [3.05, 3.63) is 0 Å². The van der Waals surface area contributed by atoms with E-state index < -0.39 is 20.0 Å². The Morgan fingerprint density at radius 3 is 1.45 bits per heavy atom. The number of aliphatic hydroxyl groups excluding tert-OH is 1. The number of nitrogens with zero attached hydrogens (tertiary/aromatic N) is 1. The fourth-order valence-corrected chi connectivity index (χ4v) is 6.59. The van der Waals surface area contributed by atoms with Crippen LogP contribution in [-0.2, 0) is 18.4 Å². The number of unbranched alkanes of at least 4 members (excludes halogenated alkanes) is 23. The van der Waals surface area contributed by atoms with Crippen molar-refractivity contribution in [3.8, 4) is 0 Å². The van der Waals surface area contributed by atoms with E-state index in [0.29, 0.717) is 23.9 Å². The molecule has 0 radical (unpaired) electrons. The maximum Gasteiger partial charge on any atom is 0.268 e. The highest BCUT2D eigenvalue weighted by Gasteiger charge is 2.24. The minimum Gasteiger partial charge on any atom is -0.756 e. The van der Waals surface area contributed by atoms with E-state index in [1.807, 2.05) is 21.1 Å². The van der Waals surface area contributed by atoms with E-state index in [1.54, 1.807) is 0 Å². The van der Waals surface area contributed by atoms with E-state index in [4.69, 9.17) is 9.05 Å². The van der Waals surface area contributed by atoms with Crippen LogP contribution in [0.15, 0.2) is 0 Å². The summed E-state index contributed by atoms with van der Waals surface area (Å²) in [6.07, 6.45) is 31.0. The Kier molecular flexibility index (Phi) is 31.1. The highest BCUT2D eigenvalue weighted by atomic mass is 31.2. The smallest absolute Gasteiger partial charge is 0.268 e. The summed E-state index contributed by atoms with van der Waals surface area (Å²) in [5.74, 6) is -0.165. The number of quaternary nitrogens is 1. The molecule has 0 rings (SSSR count). The van der Waals surface area contributed by atoms with Crippen molar-refractivity contribution >= 4 is 13.7 Å². The second kappa shape index (κ2) is 31.5. The van der Waals surface area contributed by atoms with Crippen LogP contribution in [0.1, 0.15) is 187 Å². The van der Waals surface area contributed by atoms with E-state index >= 15 is 0 Å². The number of likely N-dealkylation sites (N-methyl/N-ethyl adjacent to an activating group) is 1. The Morgan fingerprint density at radius 1 is 0.660 bits per heavy atom. The van der Waals surface area contributed by atoms with Crippen LogP contribution in [0.3, 0.4) is 0 Å². The van der Waals surface area contributed by atoms with E-state index in [9.17, 15) is 19.4 Å². The minimum atomic E-state index is -4.55. The van der Waals surface area contributed by atoms with Crippen molar-refractivity contribution in [2.75, 3.05) is 40.9 Å². The molecule has 0 aromatic heterocycles. The number of amides is 1. The highest BCUT2D eigenvalue weighted by molar-refractivity contribution is 7.45. The van der Waals surface area contributed by atoms with Gasteiger partial charge in [0.15, 0.2) is 0 Å². The number of rotatable bonds is 36. The van der Waals surface area contributed by atoms with Gasteiger partial charge >= 0.3 is 0 Å². The molecule has 0 bridgehead atoms. The summed E-state index contributed by atoms with van der Waals surface area (Å²) < 4.78 is 23.1. The Bertz CT molecular complexity index is 748. The van der Waals surface area contributed by atoms with Crippen molar-refractivity contribution in [1.82, 2.24) is 5.32 Å². The van der Waals surface area contributed by atoms with Gasteiger partial charge in [0.05, 0.1) is 39.9 Å². The number of carbonyl (C=O) groups excluding carboxylic acids is 1. The summed E-state index contributed by atoms with van der Waals surface area (Å²) in [6.45, 7) is 4.69.